The van der Waals surface area contributed by atoms with E-state index in [0.29, 0.717) is 35.2 Å². The van der Waals surface area contributed by atoms with Crippen molar-refractivity contribution in [3.8, 4) is 0 Å². The first-order valence-electron chi connectivity index (χ1n) is 14.2. The van der Waals surface area contributed by atoms with Gasteiger partial charge in [-0.3, -0.25) is 4.79 Å². The molecule has 6 rings (SSSR count). The fraction of sp³-hybridized carbons (Fsp3) is 0.452. The van der Waals surface area contributed by atoms with Gasteiger partial charge < -0.3 is 19.3 Å². The zero-order valence-corrected chi connectivity index (χ0v) is 24.2. The molecule has 0 aliphatic carbocycles. The van der Waals surface area contributed by atoms with Gasteiger partial charge in [-0.1, -0.05) is 65.8 Å². The number of piperidine rings is 2. The van der Waals surface area contributed by atoms with Crippen molar-refractivity contribution in [3.05, 3.63) is 82.5 Å². The van der Waals surface area contributed by atoms with Crippen LogP contribution in [0.4, 0.5) is 5.82 Å². The summed E-state index contributed by atoms with van der Waals surface area (Å²) in [7, 11) is 0. The van der Waals surface area contributed by atoms with Crippen molar-refractivity contribution >= 4 is 35.1 Å². The Morgan fingerprint density at radius 3 is 2.33 bits per heavy atom. The predicted molar refractivity (Wildman–Crippen MR) is 158 cm³/mol. The van der Waals surface area contributed by atoms with Crippen molar-refractivity contribution < 1.29 is 14.3 Å². The van der Waals surface area contributed by atoms with Crippen LogP contribution in [0.25, 0.3) is 0 Å². The molecule has 9 heteroatoms. The minimum Gasteiger partial charge on any atom is -0.356 e. The Morgan fingerprint density at radius 2 is 1.62 bits per heavy atom. The number of anilines is 1. The number of amides is 1. The second kappa shape index (κ2) is 12.5. The molecule has 1 spiro atoms. The summed E-state index contributed by atoms with van der Waals surface area (Å²) in [6.07, 6.45) is 4.82. The molecular weight excluding hydrogens is 544 g/mol. The summed E-state index contributed by atoms with van der Waals surface area (Å²) in [5.41, 5.74) is 3.24. The average molecular weight is 579 g/mol. The van der Waals surface area contributed by atoms with E-state index in [1.165, 1.54) is 5.56 Å². The number of benzene rings is 2. The van der Waals surface area contributed by atoms with Crippen LogP contribution in [-0.2, 0) is 21.6 Å². The third-order valence-corrected chi connectivity index (χ3v) is 9.27. The minimum atomic E-state index is -0.419. The summed E-state index contributed by atoms with van der Waals surface area (Å²) < 4.78 is 11.7. The van der Waals surface area contributed by atoms with Crippen LogP contribution >= 0.6 is 23.4 Å². The first-order valence-corrected chi connectivity index (χ1v) is 15.5. The highest BCUT2D eigenvalue weighted by Crippen LogP contribution is 2.34. The lowest BCUT2D eigenvalue weighted by atomic mass is 9.90. The number of halogens is 1. The highest BCUT2D eigenvalue weighted by atomic mass is 35.5. The van der Waals surface area contributed by atoms with Crippen LogP contribution < -0.4 is 4.90 Å². The molecule has 3 aliphatic heterocycles. The first-order chi connectivity index (χ1) is 19.6. The smallest absolute Gasteiger partial charge is 0.253 e. The SMILES string of the molecule is O=C(c1ccc(CSc2nc(Cl)cc(N3CCC4(CC3)OCCO4)n2)cc1)N1CCC(Cc2ccccc2)CC1. The molecule has 3 fully saturated rings. The van der Waals surface area contributed by atoms with Crippen molar-refractivity contribution in [1.29, 1.82) is 0 Å². The van der Waals surface area contributed by atoms with Gasteiger partial charge in [0, 0.05) is 56.4 Å². The van der Waals surface area contributed by atoms with E-state index in [2.05, 4.69) is 40.2 Å². The molecule has 40 heavy (non-hydrogen) atoms. The van der Waals surface area contributed by atoms with Gasteiger partial charge in [-0.2, -0.15) is 0 Å². The Bertz CT molecular complexity index is 1290. The van der Waals surface area contributed by atoms with Crippen LogP contribution in [0.1, 0.15) is 47.2 Å². The van der Waals surface area contributed by atoms with Gasteiger partial charge >= 0.3 is 0 Å². The summed E-state index contributed by atoms with van der Waals surface area (Å²) in [4.78, 5) is 26.6. The zero-order chi connectivity index (χ0) is 27.4. The van der Waals surface area contributed by atoms with Crippen LogP contribution in [0.5, 0.6) is 0 Å². The summed E-state index contributed by atoms with van der Waals surface area (Å²) >= 11 is 7.92. The monoisotopic (exact) mass is 578 g/mol. The highest BCUT2D eigenvalue weighted by Gasteiger charge is 2.40. The molecule has 0 N–H and O–H groups in total. The minimum absolute atomic E-state index is 0.122. The summed E-state index contributed by atoms with van der Waals surface area (Å²) in [6.45, 7) is 4.59. The summed E-state index contributed by atoms with van der Waals surface area (Å²) in [5.74, 6) is 1.88. The number of hydrogen-bond donors (Lipinski definition) is 0. The maximum atomic E-state index is 13.1. The van der Waals surface area contributed by atoms with Gasteiger partial charge in [0.05, 0.1) is 13.2 Å². The number of rotatable bonds is 7. The number of thioether (sulfide) groups is 1. The van der Waals surface area contributed by atoms with Gasteiger partial charge in [0.25, 0.3) is 5.91 Å². The number of hydrogen-bond acceptors (Lipinski definition) is 7. The number of carbonyl (C=O) groups excluding carboxylic acids is 1. The van der Waals surface area contributed by atoms with Crippen LogP contribution in [0.3, 0.4) is 0 Å². The molecule has 2 aromatic carbocycles. The molecule has 1 aromatic heterocycles. The van der Waals surface area contributed by atoms with E-state index < -0.39 is 5.79 Å². The second-order valence-electron chi connectivity index (χ2n) is 10.8. The number of ether oxygens (including phenoxy) is 2. The van der Waals surface area contributed by atoms with Crippen LogP contribution in [0.2, 0.25) is 5.15 Å². The van der Waals surface area contributed by atoms with Gasteiger partial charge in [0.15, 0.2) is 10.9 Å². The van der Waals surface area contributed by atoms with E-state index in [4.69, 9.17) is 26.1 Å². The molecule has 0 bridgehead atoms. The standard InChI is InChI=1S/C31H35ClN4O3S/c32-27-21-28(35-16-12-31(13-17-35)38-18-19-39-31)34-30(33-27)40-22-25-6-8-26(9-7-25)29(37)36-14-10-24(11-15-36)20-23-4-2-1-3-5-23/h1-9,21,24H,10-20,22H2. The Hall–Kier alpha value is -2.65. The van der Waals surface area contributed by atoms with Crippen LogP contribution in [0, 0.1) is 5.92 Å². The maximum Gasteiger partial charge on any atom is 0.253 e. The van der Waals surface area contributed by atoms with Crippen LogP contribution in [0.15, 0.2) is 65.8 Å². The van der Waals surface area contributed by atoms with Crippen molar-refractivity contribution in [1.82, 2.24) is 14.9 Å². The average Bonchev–Trinajstić information content (AvgIpc) is 3.45. The molecule has 1 amide bonds. The molecule has 4 heterocycles. The van der Waals surface area contributed by atoms with Crippen LogP contribution in [-0.4, -0.2) is 66.0 Å². The molecule has 3 saturated heterocycles. The lowest BCUT2D eigenvalue weighted by Gasteiger charge is -2.38. The second-order valence-corrected chi connectivity index (χ2v) is 12.2. The largest absolute Gasteiger partial charge is 0.356 e. The predicted octanol–water partition coefficient (Wildman–Crippen LogP) is 5.86. The third-order valence-electron chi connectivity index (χ3n) is 8.16. The summed E-state index contributed by atoms with van der Waals surface area (Å²) in [6, 6.07) is 20.4. The Balaban J connectivity index is 0.998. The topological polar surface area (TPSA) is 67.8 Å². The highest BCUT2D eigenvalue weighted by molar-refractivity contribution is 7.98. The summed E-state index contributed by atoms with van der Waals surface area (Å²) in [5, 5.41) is 1.09. The molecule has 0 atom stereocenters. The van der Waals surface area contributed by atoms with Gasteiger partial charge in [-0.05, 0) is 48.4 Å². The van der Waals surface area contributed by atoms with Gasteiger partial charge in [-0.15, -0.1) is 0 Å². The molecule has 210 valence electrons. The normalized spacial score (nSPS) is 19.3. The van der Waals surface area contributed by atoms with Crippen molar-refractivity contribution in [2.45, 2.75) is 48.8 Å². The van der Waals surface area contributed by atoms with E-state index in [9.17, 15) is 4.79 Å². The van der Waals surface area contributed by atoms with Crippen molar-refractivity contribution in [3.63, 3.8) is 0 Å². The Morgan fingerprint density at radius 1 is 0.925 bits per heavy atom. The number of aromatic nitrogens is 2. The number of likely N-dealkylation sites (tertiary alicyclic amines) is 1. The quantitative estimate of drug-likeness (QED) is 0.198. The molecule has 3 aromatic rings. The van der Waals surface area contributed by atoms with Gasteiger partial charge in [0.2, 0.25) is 0 Å². The van der Waals surface area contributed by atoms with Crippen molar-refractivity contribution in [2.75, 3.05) is 44.3 Å². The van der Waals surface area contributed by atoms with Gasteiger partial charge in [-0.25, -0.2) is 9.97 Å². The molecular formula is C31H35ClN4O3S. The fourth-order valence-electron chi connectivity index (χ4n) is 5.84. The zero-order valence-electron chi connectivity index (χ0n) is 22.6. The molecule has 3 aliphatic rings. The van der Waals surface area contributed by atoms with E-state index in [-0.39, 0.29) is 5.91 Å². The molecule has 0 unspecified atom stereocenters. The Kier molecular flexibility index (Phi) is 8.58. The molecule has 0 saturated carbocycles. The van der Waals surface area contributed by atoms with E-state index in [0.717, 1.165) is 75.2 Å². The molecule has 7 nitrogen and oxygen atoms in total. The number of nitrogens with zero attached hydrogens (tertiary/aromatic N) is 4. The van der Waals surface area contributed by atoms with Gasteiger partial charge in [0.1, 0.15) is 11.0 Å². The Labute approximate surface area is 245 Å². The number of carbonyl (C=O) groups is 1. The van der Waals surface area contributed by atoms with E-state index in [1.807, 2.05) is 35.2 Å². The third kappa shape index (κ3) is 6.62. The maximum absolute atomic E-state index is 13.1. The van der Waals surface area contributed by atoms with E-state index >= 15 is 0 Å². The lowest BCUT2D eigenvalue weighted by Crippen LogP contribution is -2.45. The molecule has 0 radical (unpaired) electrons. The van der Waals surface area contributed by atoms with Crippen molar-refractivity contribution in [2.24, 2.45) is 5.92 Å². The van der Waals surface area contributed by atoms with E-state index in [1.54, 1.807) is 11.8 Å². The fourth-order valence-corrected chi connectivity index (χ4v) is 6.87. The lowest BCUT2D eigenvalue weighted by molar-refractivity contribution is -0.169. The first kappa shape index (κ1) is 27.5.